The molecule has 5 heteroatoms. The molecule has 24 heavy (non-hydrogen) atoms. The summed E-state index contributed by atoms with van der Waals surface area (Å²) >= 11 is 0. The second kappa shape index (κ2) is 7.18. The maximum Gasteiger partial charge on any atom is 0.274 e. The zero-order valence-corrected chi connectivity index (χ0v) is 14.4. The molecule has 5 nitrogen and oxygen atoms in total. The third-order valence-corrected chi connectivity index (χ3v) is 4.84. The molecule has 1 heterocycles. The van der Waals surface area contributed by atoms with Crippen molar-refractivity contribution in [3.8, 4) is 0 Å². The minimum Gasteiger partial charge on any atom is -0.388 e. The summed E-state index contributed by atoms with van der Waals surface area (Å²) in [6.07, 6.45) is 4.18. The van der Waals surface area contributed by atoms with Crippen LogP contribution in [-0.2, 0) is 19.9 Å². The number of carbonyl (C=O) groups excluding carboxylic acids is 1. The Balaban J connectivity index is 1.65. The molecule has 0 aliphatic heterocycles. The summed E-state index contributed by atoms with van der Waals surface area (Å²) in [5, 5.41) is 14.7. The lowest BCUT2D eigenvalue weighted by molar-refractivity contribution is 0.0753. The highest BCUT2D eigenvalue weighted by molar-refractivity contribution is 5.94. The number of aliphatic hydroxyl groups is 1. The van der Waals surface area contributed by atoms with Crippen LogP contribution in [0.5, 0.6) is 0 Å². The molecule has 0 saturated heterocycles. The van der Waals surface area contributed by atoms with Gasteiger partial charge in [-0.3, -0.25) is 9.48 Å². The van der Waals surface area contributed by atoms with Crippen LogP contribution in [0, 0.1) is 0 Å². The molecule has 1 aromatic heterocycles. The minimum absolute atomic E-state index is 0.0472. The van der Waals surface area contributed by atoms with Crippen LogP contribution in [0.1, 0.15) is 52.7 Å². The van der Waals surface area contributed by atoms with E-state index >= 15 is 0 Å². The van der Waals surface area contributed by atoms with Crippen molar-refractivity contribution in [3.63, 3.8) is 0 Å². The number of amides is 1. The molecule has 0 bridgehead atoms. The molecule has 1 amide bonds. The number of hydrogen-bond donors (Lipinski definition) is 1. The van der Waals surface area contributed by atoms with E-state index < -0.39 is 6.10 Å². The van der Waals surface area contributed by atoms with E-state index in [1.165, 1.54) is 12.1 Å². The molecule has 0 radical (unpaired) electrons. The van der Waals surface area contributed by atoms with Gasteiger partial charge in [-0.15, -0.1) is 0 Å². The normalized spacial score (nSPS) is 15.0. The number of carbonyl (C=O) groups is 1. The lowest BCUT2D eigenvalue weighted by Crippen LogP contribution is -2.30. The fourth-order valence-electron chi connectivity index (χ4n) is 3.38. The molecule has 0 saturated carbocycles. The van der Waals surface area contributed by atoms with Crippen LogP contribution in [0.4, 0.5) is 0 Å². The minimum atomic E-state index is -0.556. The van der Waals surface area contributed by atoms with E-state index in [-0.39, 0.29) is 5.91 Å². The van der Waals surface area contributed by atoms with E-state index in [0.717, 1.165) is 30.4 Å². The number of aryl methyl sites for hydroxylation is 1. The predicted molar refractivity (Wildman–Crippen MR) is 92.8 cm³/mol. The Bertz CT molecular complexity index is 709. The molecule has 3 rings (SSSR count). The number of aliphatic hydroxyl groups excluding tert-OH is 1. The number of nitrogens with zero attached hydrogens (tertiary/aromatic N) is 3. The molecule has 0 unspecified atom stereocenters. The average Bonchev–Trinajstić information content (AvgIpc) is 2.96. The second-order valence-electron chi connectivity index (χ2n) is 6.55. The lowest BCUT2D eigenvalue weighted by atomic mass is 9.95. The van der Waals surface area contributed by atoms with Gasteiger partial charge < -0.3 is 10.0 Å². The van der Waals surface area contributed by atoms with Crippen LogP contribution < -0.4 is 0 Å². The van der Waals surface area contributed by atoms with Gasteiger partial charge >= 0.3 is 0 Å². The van der Waals surface area contributed by atoms with Crippen molar-refractivity contribution >= 4 is 5.91 Å². The van der Waals surface area contributed by atoms with Crippen molar-refractivity contribution in [2.45, 2.75) is 38.2 Å². The van der Waals surface area contributed by atoms with Gasteiger partial charge in [0, 0.05) is 31.9 Å². The predicted octanol–water partition coefficient (Wildman–Crippen LogP) is 2.49. The molecule has 128 valence electrons. The van der Waals surface area contributed by atoms with Gasteiger partial charge in [0.1, 0.15) is 0 Å². The summed E-state index contributed by atoms with van der Waals surface area (Å²) in [5.74, 6) is -0.0472. The van der Waals surface area contributed by atoms with Crippen LogP contribution in [0.3, 0.4) is 0 Å². The Hall–Kier alpha value is -2.14. The number of aromatic nitrogens is 2. The molecule has 1 aliphatic carbocycles. The van der Waals surface area contributed by atoms with Gasteiger partial charge in [-0.2, -0.15) is 5.10 Å². The third kappa shape index (κ3) is 3.36. The summed E-state index contributed by atoms with van der Waals surface area (Å²) in [7, 11) is 3.70. The Morgan fingerprint density at radius 1 is 1.29 bits per heavy atom. The van der Waals surface area contributed by atoms with Crippen molar-refractivity contribution in [1.82, 2.24) is 14.7 Å². The first-order chi connectivity index (χ1) is 11.6. The molecular formula is C19H25N3O2. The van der Waals surface area contributed by atoms with Gasteiger partial charge in [0.15, 0.2) is 5.69 Å². The molecule has 1 aliphatic rings. The number of hydrogen-bond acceptors (Lipinski definition) is 3. The number of fused-ring (bicyclic) bond motifs is 1. The Morgan fingerprint density at radius 3 is 2.75 bits per heavy atom. The number of rotatable bonds is 5. The maximum atomic E-state index is 12.7. The highest BCUT2D eigenvalue weighted by Crippen LogP contribution is 2.25. The van der Waals surface area contributed by atoms with Crippen molar-refractivity contribution in [3.05, 3.63) is 52.8 Å². The molecule has 1 atom stereocenters. The fraction of sp³-hybridized carbons (Fsp3) is 0.474. The zero-order chi connectivity index (χ0) is 17.1. The van der Waals surface area contributed by atoms with Gasteiger partial charge in [-0.05, 0) is 37.7 Å². The Kier molecular flexibility index (Phi) is 5.00. The maximum absolute atomic E-state index is 12.7. The van der Waals surface area contributed by atoms with Gasteiger partial charge in [0.2, 0.25) is 0 Å². The van der Waals surface area contributed by atoms with Crippen LogP contribution >= 0.6 is 0 Å². The van der Waals surface area contributed by atoms with Crippen molar-refractivity contribution in [2.75, 3.05) is 13.6 Å². The van der Waals surface area contributed by atoms with E-state index in [4.69, 9.17) is 0 Å². The van der Waals surface area contributed by atoms with Crippen LogP contribution in [0.15, 0.2) is 30.3 Å². The second-order valence-corrected chi connectivity index (χ2v) is 6.55. The highest BCUT2D eigenvalue weighted by atomic mass is 16.3. The van der Waals surface area contributed by atoms with Gasteiger partial charge in [0.05, 0.1) is 6.10 Å². The van der Waals surface area contributed by atoms with Crippen LogP contribution in [0.25, 0.3) is 0 Å². The smallest absolute Gasteiger partial charge is 0.274 e. The summed E-state index contributed by atoms with van der Waals surface area (Å²) in [5.41, 5.74) is 3.78. The summed E-state index contributed by atoms with van der Waals surface area (Å²) in [4.78, 5) is 14.4. The van der Waals surface area contributed by atoms with Gasteiger partial charge in [-0.25, -0.2) is 0 Å². The average molecular weight is 327 g/mol. The van der Waals surface area contributed by atoms with E-state index in [1.807, 2.05) is 42.1 Å². The molecule has 2 aromatic rings. The van der Waals surface area contributed by atoms with Crippen LogP contribution in [0.2, 0.25) is 0 Å². The summed E-state index contributed by atoms with van der Waals surface area (Å²) in [6, 6.07) is 9.56. The zero-order valence-electron chi connectivity index (χ0n) is 14.4. The van der Waals surface area contributed by atoms with E-state index in [9.17, 15) is 9.90 Å². The van der Waals surface area contributed by atoms with E-state index in [2.05, 4.69) is 5.10 Å². The Labute approximate surface area is 142 Å². The van der Waals surface area contributed by atoms with E-state index in [1.54, 1.807) is 11.9 Å². The lowest BCUT2D eigenvalue weighted by Gasteiger charge is -2.20. The van der Waals surface area contributed by atoms with Gasteiger partial charge in [-0.1, -0.05) is 30.3 Å². The van der Waals surface area contributed by atoms with Crippen molar-refractivity contribution < 1.29 is 9.90 Å². The quantitative estimate of drug-likeness (QED) is 0.918. The third-order valence-electron chi connectivity index (χ3n) is 4.84. The largest absolute Gasteiger partial charge is 0.388 e. The topological polar surface area (TPSA) is 58.4 Å². The summed E-state index contributed by atoms with van der Waals surface area (Å²) in [6.45, 7) is 0.500. The van der Waals surface area contributed by atoms with Gasteiger partial charge in [0.25, 0.3) is 5.91 Å². The summed E-state index contributed by atoms with van der Waals surface area (Å²) < 4.78 is 1.86. The van der Waals surface area contributed by atoms with Crippen molar-refractivity contribution in [1.29, 1.82) is 0 Å². The Morgan fingerprint density at radius 2 is 2.00 bits per heavy atom. The highest BCUT2D eigenvalue weighted by Gasteiger charge is 2.25. The standard InChI is InChI=1S/C19H25N3O2/c1-21(13-12-17(23)14-8-4-3-5-9-14)19(24)18-15-10-6-7-11-16(15)22(2)20-18/h3-5,8-9,17,23H,6-7,10-13H2,1-2H3/t17-/m1/s1. The molecule has 1 aromatic carbocycles. The molecular weight excluding hydrogens is 302 g/mol. The first-order valence-corrected chi connectivity index (χ1v) is 8.61. The van der Waals surface area contributed by atoms with Crippen molar-refractivity contribution in [2.24, 2.45) is 7.05 Å². The number of benzene rings is 1. The SMILES string of the molecule is CN(CC[C@@H](O)c1ccccc1)C(=O)c1nn(C)c2c1CCCC2. The molecule has 0 spiro atoms. The molecule has 1 N–H and O–H groups in total. The van der Waals surface area contributed by atoms with Crippen LogP contribution in [-0.4, -0.2) is 39.3 Å². The first-order valence-electron chi connectivity index (χ1n) is 8.61. The fourth-order valence-corrected chi connectivity index (χ4v) is 3.38. The molecule has 0 fully saturated rings. The monoisotopic (exact) mass is 327 g/mol. The van der Waals surface area contributed by atoms with E-state index in [0.29, 0.717) is 18.7 Å². The first kappa shape index (κ1) is 16.7.